The number of alkyl halides is 1. The smallest absolute Gasteiger partial charge is 0.219 e. The van der Waals surface area contributed by atoms with Crippen molar-refractivity contribution in [3.8, 4) is 0 Å². The lowest BCUT2D eigenvalue weighted by Gasteiger charge is -2.28. The highest BCUT2D eigenvalue weighted by atomic mass is 35.5. The summed E-state index contributed by atoms with van der Waals surface area (Å²) in [5.41, 5.74) is 6.47. The Labute approximate surface area is 121 Å². The van der Waals surface area contributed by atoms with Crippen molar-refractivity contribution in [2.24, 2.45) is 5.73 Å². The van der Waals surface area contributed by atoms with Gasteiger partial charge in [-0.3, -0.25) is 4.79 Å². The van der Waals surface area contributed by atoms with Crippen LogP contribution in [0.1, 0.15) is 26.1 Å². The summed E-state index contributed by atoms with van der Waals surface area (Å²) in [6.45, 7) is 3.85. The second-order valence-electron chi connectivity index (χ2n) is 5.09. The lowest BCUT2D eigenvalue weighted by atomic mass is 9.99. The molecule has 1 aromatic heterocycles. The van der Waals surface area contributed by atoms with Gasteiger partial charge in [-0.2, -0.15) is 0 Å². The molecule has 6 heteroatoms. The van der Waals surface area contributed by atoms with Gasteiger partial charge in [0.15, 0.2) is 0 Å². The molecule has 0 spiro atoms. The van der Waals surface area contributed by atoms with Gasteiger partial charge in [0.25, 0.3) is 0 Å². The molecule has 0 aliphatic rings. The van der Waals surface area contributed by atoms with Gasteiger partial charge < -0.3 is 10.3 Å². The van der Waals surface area contributed by atoms with Crippen LogP contribution in [0.25, 0.3) is 11.0 Å². The number of carbonyl (C=O) groups excluding carboxylic acids is 1. The number of imidazole rings is 1. The van der Waals surface area contributed by atoms with Crippen molar-refractivity contribution in [3.63, 3.8) is 0 Å². The Balaban J connectivity index is 2.68. The Morgan fingerprint density at radius 3 is 2.74 bits per heavy atom. The number of rotatable bonds is 4. The van der Waals surface area contributed by atoms with E-state index in [1.807, 2.05) is 30.5 Å². The van der Waals surface area contributed by atoms with Crippen molar-refractivity contribution >= 4 is 40.1 Å². The highest BCUT2D eigenvalue weighted by molar-refractivity contribution is 6.31. The quantitative estimate of drug-likeness (QED) is 0.882. The molecule has 4 nitrogen and oxygen atoms in total. The molecule has 19 heavy (non-hydrogen) atoms. The maximum absolute atomic E-state index is 11.2. The first kappa shape index (κ1) is 14.2. The van der Waals surface area contributed by atoms with Gasteiger partial charge in [0.2, 0.25) is 5.91 Å². The fourth-order valence-corrected chi connectivity index (χ4v) is 2.71. The molecule has 0 fully saturated rings. The van der Waals surface area contributed by atoms with Crippen molar-refractivity contribution < 1.29 is 4.79 Å². The molecular formula is C13H15Cl2N3O. The van der Waals surface area contributed by atoms with Crippen LogP contribution in [0.4, 0.5) is 0 Å². The van der Waals surface area contributed by atoms with E-state index in [4.69, 9.17) is 28.9 Å². The third-order valence-electron chi connectivity index (χ3n) is 3.02. The van der Waals surface area contributed by atoms with E-state index in [2.05, 4.69) is 4.98 Å². The maximum atomic E-state index is 11.2. The van der Waals surface area contributed by atoms with E-state index in [-0.39, 0.29) is 18.2 Å². The third-order valence-corrected chi connectivity index (χ3v) is 3.49. The monoisotopic (exact) mass is 299 g/mol. The average molecular weight is 300 g/mol. The summed E-state index contributed by atoms with van der Waals surface area (Å²) in [6.07, 6.45) is 0.203. The van der Waals surface area contributed by atoms with Crippen LogP contribution in [0.15, 0.2) is 18.2 Å². The van der Waals surface area contributed by atoms with Crippen molar-refractivity contribution in [1.29, 1.82) is 0 Å². The van der Waals surface area contributed by atoms with Crippen LogP contribution >= 0.6 is 23.2 Å². The zero-order valence-corrected chi connectivity index (χ0v) is 12.3. The van der Waals surface area contributed by atoms with E-state index in [0.29, 0.717) is 10.8 Å². The molecule has 1 aromatic carbocycles. The number of carbonyl (C=O) groups is 1. The molecule has 0 bridgehead atoms. The molecule has 0 atom stereocenters. The van der Waals surface area contributed by atoms with Crippen LogP contribution in [-0.2, 0) is 16.2 Å². The third kappa shape index (κ3) is 2.69. The van der Waals surface area contributed by atoms with E-state index in [1.165, 1.54) is 0 Å². The fourth-order valence-electron chi connectivity index (χ4n) is 2.37. The standard InChI is InChI=1S/C13H15Cl2N3O/c1-13(2,6-11(16)19)18-10-5-8(15)3-4-9(10)17-12(18)7-14/h3-5H,6-7H2,1-2H3,(H2,16,19). The largest absolute Gasteiger partial charge is 0.370 e. The van der Waals surface area contributed by atoms with Crippen LogP contribution in [0.3, 0.4) is 0 Å². The molecular weight excluding hydrogens is 285 g/mol. The molecule has 102 valence electrons. The van der Waals surface area contributed by atoms with Gasteiger partial charge in [0.05, 0.1) is 16.9 Å². The van der Waals surface area contributed by atoms with Crippen LogP contribution in [-0.4, -0.2) is 15.5 Å². The molecule has 0 aliphatic carbocycles. The molecule has 2 N–H and O–H groups in total. The topological polar surface area (TPSA) is 60.9 Å². The van der Waals surface area contributed by atoms with E-state index in [0.717, 1.165) is 11.0 Å². The molecule has 1 amide bonds. The zero-order chi connectivity index (χ0) is 14.2. The molecule has 1 heterocycles. The zero-order valence-electron chi connectivity index (χ0n) is 10.8. The molecule has 0 saturated heterocycles. The van der Waals surface area contributed by atoms with Crippen LogP contribution in [0.5, 0.6) is 0 Å². The Morgan fingerprint density at radius 1 is 1.47 bits per heavy atom. The summed E-state index contributed by atoms with van der Waals surface area (Å²) >= 11 is 12.0. The fraction of sp³-hybridized carbons (Fsp3) is 0.385. The second kappa shape index (κ2) is 5.02. The highest BCUT2D eigenvalue weighted by Crippen LogP contribution is 2.30. The predicted molar refractivity (Wildman–Crippen MR) is 77.4 cm³/mol. The summed E-state index contributed by atoms with van der Waals surface area (Å²) in [6, 6.07) is 5.44. The number of benzene rings is 1. The Hall–Kier alpha value is -1.26. The SMILES string of the molecule is CC(C)(CC(N)=O)n1c(CCl)nc2ccc(Cl)cc21. The van der Waals surface area contributed by atoms with Crippen LogP contribution < -0.4 is 5.73 Å². The molecule has 0 saturated carbocycles. The minimum Gasteiger partial charge on any atom is -0.370 e. The molecule has 2 rings (SSSR count). The van der Waals surface area contributed by atoms with Crippen molar-refractivity contribution in [2.45, 2.75) is 31.7 Å². The van der Waals surface area contributed by atoms with Gasteiger partial charge in [-0.15, -0.1) is 11.6 Å². The molecule has 2 aromatic rings. The van der Waals surface area contributed by atoms with Crippen molar-refractivity contribution in [3.05, 3.63) is 29.0 Å². The van der Waals surface area contributed by atoms with E-state index in [1.54, 1.807) is 6.07 Å². The van der Waals surface area contributed by atoms with Crippen molar-refractivity contribution in [1.82, 2.24) is 9.55 Å². The first-order chi connectivity index (χ1) is 8.85. The predicted octanol–water partition coefficient (Wildman–Crippen LogP) is 3.04. The van der Waals surface area contributed by atoms with E-state index in [9.17, 15) is 4.79 Å². The van der Waals surface area contributed by atoms with Crippen molar-refractivity contribution in [2.75, 3.05) is 0 Å². The number of aromatic nitrogens is 2. The highest BCUT2D eigenvalue weighted by Gasteiger charge is 2.27. The van der Waals surface area contributed by atoms with Gasteiger partial charge in [0, 0.05) is 17.0 Å². The van der Waals surface area contributed by atoms with Gasteiger partial charge in [-0.25, -0.2) is 4.98 Å². The number of nitrogens with two attached hydrogens (primary N) is 1. The number of hydrogen-bond donors (Lipinski definition) is 1. The first-order valence-corrected chi connectivity index (χ1v) is 6.78. The van der Waals surface area contributed by atoms with E-state index >= 15 is 0 Å². The minimum atomic E-state index is -0.504. The van der Waals surface area contributed by atoms with Crippen LogP contribution in [0.2, 0.25) is 5.02 Å². The molecule has 0 radical (unpaired) electrons. The maximum Gasteiger partial charge on any atom is 0.219 e. The van der Waals surface area contributed by atoms with E-state index < -0.39 is 5.54 Å². The van der Waals surface area contributed by atoms with Crippen LogP contribution in [0, 0.1) is 0 Å². The Bertz CT molecular complexity index is 634. The molecule has 0 unspecified atom stereocenters. The number of fused-ring (bicyclic) bond motifs is 1. The lowest BCUT2D eigenvalue weighted by Crippen LogP contribution is -2.33. The number of hydrogen-bond acceptors (Lipinski definition) is 2. The minimum absolute atomic E-state index is 0.203. The van der Waals surface area contributed by atoms with Gasteiger partial charge in [-0.1, -0.05) is 11.6 Å². The van der Waals surface area contributed by atoms with Gasteiger partial charge in [-0.05, 0) is 32.0 Å². The summed E-state index contributed by atoms with van der Waals surface area (Å²) in [4.78, 5) is 15.7. The summed E-state index contributed by atoms with van der Waals surface area (Å²) in [5.74, 6) is 0.591. The summed E-state index contributed by atoms with van der Waals surface area (Å²) in [5, 5.41) is 0.615. The lowest BCUT2D eigenvalue weighted by molar-refractivity contribution is -0.119. The Kier molecular flexibility index (Phi) is 3.74. The number of amides is 1. The normalized spacial score (nSPS) is 12.0. The number of nitrogens with zero attached hydrogens (tertiary/aromatic N) is 2. The van der Waals surface area contributed by atoms with Gasteiger partial charge >= 0.3 is 0 Å². The van der Waals surface area contributed by atoms with Gasteiger partial charge in [0.1, 0.15) is 5.82 Å². The Morgan fingerprint density at radius 2 is 2.16 bits per heavy atom. The average Bonchev–Trinajstić information content (AvgIpc) is 2.65. The summed E-state index contributed by atoms with van der Waals surface area (Å²) < 4.78 is 1.94. The number of primary amides is 1. The number of halogens is 2. The second-order valence-corrected chi connectivity index (χ2v) is 5.79. The summed E-state index contributed by atoms with van der Waals surface area (Å²) in [7, 11) is 0. The molecule has 0 aliphatic heterocycles. The first-order valence-electron chi connectivity index (χ1n) is 5.87.